The van der Waals surface area contributed by atoms with Crippen LogP contribution in [0.2, 0.25) is 0 Å². The van der Waals surface area contributed by atoms with E-state index >= 15 is 0 Å². The number of imide groups is 1. The Balaban J connectivity index is 1.45. The first-order valence-corrected chi connectivity index (χ1v) is 10.0. The number of nitrogens with one attached hydrogen (secondary N) is 2. The molecule has 29 heavy (non-hydrogen) atoms. The Morgan fingerprint density at radius 3 is 2.21 bits per heavy atom. The van der Waals surface area contributed by atoms with Crippen LogP contribution in [0.3, 0.4) is 0 Å². The topological polar surface area (TPSA) is 64.7 Å². The van der Waals surface area contributed by atoms with E-state index in [2.05, 4.69) is 46.4 Å². The van der Waals surface area contributed by atoms with Gasteiger partial charge < -0.3 is 10.2 Å². The molecular formula is C23H26N4O2. The standard InChI is InChI=1S/C23H26N4O2/c1-16(2)26-11-13-27(14-12-26)18-9-7-17(8-10-18)24-15-21-19-5-3-4-6-20(19)22(28)25-23(21)29/h3-10,15-16,24H,11-14H2,1-2H3,(H,25,28,29). The molecule has 0 aromatic heterocycles. The van der Waals surface area contributed by atoms with Crippen LogP contribution in [0.1, 0.15) is 29.8 Å². The molecule has 1 fully saturated rings. The molecule has 2 amide bonds. The molecule has 6 nitrogen and oxygen atoms in total. The number of carbonyl (C=O) groups excluding carboxylic acids is 2. The average Bonchev–Trinajstić information content (AvgIpc) is 2.74. The van der Waals surface area contributed by atoms with Crippen LogP contribution in [0, 0.1) is 0 Å². The maximum Gasteiger partial charge on any atom is 0.260 e. The van der Waals surface area contributed by atoms with Crippen molar-refractivity contribution in [3.05, 3.63) is 65.9 Å². The SMILES string of the molecule is CC(C)N1CCN(c2ccc(NC=C3C(=O)NC(=O)c4ccccc43)cc2)CC1. The first kappa shape index (κ1) is 19.2. The molecule has 2 aromatic rings. The summed E-state index contributed by atoms with van der Waals surface area (Å²) in [6, 6.07) is 15.9. The summed E-state index contributed by atoms with van der Waals surface area (Å²) in [5.41, 5.74) is 3.71. The van der Waals surface area contributed by atoms with Gasteiger partial charge in [-0.25, -0.2) is 0 Å². The number of benzene rings is 2. The van der Waals surface area contributed by atoms with Gasteiger partial charge in [-0.1, -0.05) is 18.2 Å². The molecule has 0 atom stereocenters. The van der Waals surface area contributed by atoms with Crippen LogP contribution in [0.5, 0.6) is 0 Å². The van der Waals surface area contributed by atoms with E-state index in [1.54, 1.807) is 24.4 Å². The zero-order valence-electron chi connectivity index (χ0n) is 16.8. The number of piperazine rings is 1. The number of carbonyl (C=O) groups is 2. The summed E-state index contributed by atoms with van der Waals surface area (Å²) in [6.07, 6.45) is 1.66. The third kappa shape index (κ3) is 4.03. The van der Waals surface area contributed by atoms with Crippen molar-refractivity contribution in [3.8, 4) is 0 Å². The average molecular weight is 390 g/mol. The van der Waals surface area contributed by atoms with Gasteiger partial charge in [0.1, 0.15) is 0 Å². The molecule has 2 heterocycles. The number of hydrogen-bond donors (Lipinski definition) is 2. The third-order valence-corrected chi connectivity index (χ3v) is 5.59. The minimum atomic E-state index is -0.388. The molecule has 0 saturated carbocycles. The lowest BCUT2D eigenvalue weighted by molar-refractivity contribution is -0.114. The molecular weight excluding hydrogens is 364 g/mol. The van der Waals surface area contributed by atoms with E-state index in [0.717, 1.165) is 31.9 Å². The Hall–Kier alpha value is -3.12. The van der Waals surface area contributed by atoms with Gasteiger partial charge in [-0.3, -0.25) is 19.8 Å². The van der Waals surface area contributed by atoms with E-state index in [1.165, 1.54) is 5.69 Å². The van der Waals surface area contributed by atoms with Gasteiger partial charge in [-0.05, 0) is 44.2 Å². The van der Waals surface area contributed by atoms with Crippen LogP contribution in [0.25, 0.3) is 5.57 Å². The van der Waals surface area contributed by atoms with Crippen LogP contribution < -0.4 is 15.5 Å². The maximum atomic E-state index is 12.3. The van der Waals surface area contributed by atoms with Gasteiger partial charge in [0.05, 0.1) is 5.57 Å². The molecule has 0 bridgehead atoms. The maximum absolute atomic E-state index is 12.3. The largest absolute Gasteiger partial charge is 0.369 e. The predicted molar refractivity (Wildman–Crippen MR) is 116 cm³/mol. The predicted octanol–water partition coefficient (Wildman–Crippen LogP) is 2.94. The quantitative estimate of drug-likeness (QED) is 0.621. The zero-order chi connectivity index (χ0) is 20.4. The third-order valence-electron chi connectivity index (χ3n) is 5.59. The van der Waals surface area contributed by atoms with Gasteiger partial charge in [0.2, 0.25) is 0 Å². The fraction of sp³-hybridized carbons (Fsp3) is 0.304. The molecule has 2 aliphatic rings. The number of anilines is 2. The van der Waals surface area contributed by atoms with Crippen LogP contribution in [-0.2, 0) is 4.79 Å². The van der Waals surface area contributed by atoms with E-state index in [1.807, 2.05) is 18.2 Å². The molecule has 1 saturated heterocycles. The van der Waals surface area contributed by atoms with Crippen molar-refractivity contribution >= 4 is 28.8 Å². The van der Waals surface area contributed by atoms with Gasteiger partial charge in [0.15, 0.2) is 0 Å². The molecule has 0 radical (unpaired) electrons. The second-order valence-corrected chi connectivity index (χ2v) is 7.69. The lowest BCUT2D eigenvalue weighted by Crippen LogP contribution is -2.48. The molecule has 150 valence electrons. The lowest BCUT2D eigenvalue weighted by atomic mass is 9.96. The van der Waals surface area contributed by atoms with E-state index in [-0.39, 0.29) is 11.8 Å². The van der Waals surface area contributed by atoms with E-state index < -0.39 is 0 Å². The van der Waals surface area contributed by atoms with Crippen molar-refractivity contribution in [1.29, 1.82) is 0 Å². The van der Waals surface area contributed by atoms with Crippen LogP contribution in [-0.4, -0.2) is 48.9 Å². The highest BCUT2D eigenvalue weighted by Crippen LogP contribution is 2.25. The van der Waals surface area contributed by atoms with Crippen molar-refractivity contribution < 1.29 is 9.59 Å². The molecule has 0 unspecified atom stereocenters. The van der Waals surface area contributed by atoms with Gasteiger partial charge >= 0.3 is 0 Å². The summed E-state index contributed by atoms with van der Waals surface area (Å²) in [6.45, 7) is 8.70. The van der Waals surface area contributed by atoms with Crippen molar-refractivity contribution in [1.82, 2.24) is 10.2 Å². The highest BCUT2D eigenvalue weighted by molar-refractivity contribution is 6.31. The van der Waals surface area contributed by atoms with Crippen molar-refractivity contribution in [3.63, 3.8) is 0 Å². The molecule has 4 rings (SSSR count). The van der Waals surface area contributed by atoms with Crippen molar-refractivity contribution in [2.75, 3.05) is 36.4 Å². The van der Waals surface area contributed by atoms with Crippen LogP contribution >= 0.6 is 0 Å². The minimum Gasteiger partial charge on any atom is -0.369 e. The lowest BCUT2D eigenvalue weighted by Gasteiger charge is -2.38. The molecule has 2 aliphatic heterocycles. The van der Waals surface area contributed by atoms with Gasteiger partial charge in [-0.15, -0.1) is 0 Å². The summed E-state index contributed by atoms with van der Waals surface area (Å²) in [7, 11) is 0. The van der Waals surface area contributed by atoms with Crippen LogP contribution in [0.15, 0.2) is 54.7 Å². The Morgan fingerprint density at radius 1 is 0.897 bits per heavy atom. The molecule has 2 N–H and O–H groups in total. The molecule has 0 spiro atoms. The summed E-state index contributed by atoms with van der Waals surface area (Å²) >= 11 is 0. The summed E-state index contributed by atoms with van der Waals surface area (Å²) in [4.78, 5) is 29.1. The summed E-state index contributed by atoms with van der Waals surface area (Å²) in [5.74, 6) is -0.745. The first-order valence-electron chi connectivity index (χ1n) is 10.0. The van der Waals surface area contributed by atoms with E-state index in [9.17, 15) is 9.59 Å². The summed E-state index contributed by atoms with van der Waals surface area (Å²) < 4.78 is 0. The van der Waals surface area contributed by atoms with E-state index in [4.69, 9.17) is 0 Å². The first-order chi connectivity index (χ1) is 14.0. The van der Waals surface area contributed by atoms with Gasteiger partial charge in [0, 0.05) is 60.9 Å². The van der Waals surface area contributed by atoms with Crippen molar-refractivity contribution in [2.45, 2.75) is 19.9 Å². The Morgan fingerprint density at radius 2 is 1.55 bits per heavy atom. The number of fused-ring (bicyclic) bond motifs is 1. The molecule has 6 heteroatoms. The van der Waals surface area contributed by atoms with Gasteiger partial charge in [0.25, 0.3) is 11.8 Å². The van der Waals surface area contributed by atoms with E-state index in [0.29, 0.717) is 22.7 Å². The Labute approximate surface area is 171 Å². The summed E-state index contributed by atoms with van der Waals surface area (Å²) in [5, 5.41) is 5.58. The van der Waals surface area contributed by atoms with Crippen LogP contribution in [0.4, 0.5) is 11.4 Å². The Kier molecular flexibility index (Phi) is 5.36. The number of hydrogen-bond acceptors (Lipinski definition) is 5. The second-order valence-electron chi connectivity index (χ2n) is 7.69. The fourth-order valence-electron chi connectivity index (χ4n) is 3.84. The normalized spacial score (nSPS) is 18.7. The smallest absolute Gasteiger partial charge is 0.260 e. The number of nitrogens with zero attached hydrogens (tertiary/aromatic N) is 2. The fourth-order valence-corrected chi connectivity index (χ4v) is 3.84. The minimum absolute atomic E-state index is 0.357. The highest BCUT2D eigenvalue weighted by atomic mass is 16.2. The van der Waals surface area contributed by atoms with Gasteiger partial charge in [-0.2, -0.15) is 0 Å². The molecule has 0 aliphatic carbocycles. The van der Waals surface area contributed by atoms with Crippen molar-refractivity contribution in [2.24, 2.45) is 0 Å². The number of amides is 2. The number of rotatable bonds is 4. The second kappa shape index (κ2) is 8.09. The monoisotopic (exact) mass is 390 g/mol. The Bertz CT molecular complexity index is 942. The molecule has 2 aromatic carbocycles. The highest BCUT2D eigenvalue weighted by Gasteiger charge is 2.26. The zero-order valence-corrected chi connectivity index (χ0v) is 16.8.